The molecular weight excluding hydrogens is 328 g/mol. The molecule has 0 spiro atoms. The van der Waals surface area contributed by atoms with Crippen LogP contribution in [-0.4, -0.2) is 37.6 Å². The van der Waals surface area contributed by atoms with E-state index < -0.39 is 0 Å². The summed E-state index contributed by atoms with van der Waals surface area (Å²) in [5.74, 6) is -0.411. The predicted molar refractivity (Wildman–Crippen MR) is 91.7 cm³/mol. The molecule has 0 aromatic heterocycles. The topological polar surface area (TPSA) is 67.4 Å². The van der Waals surface area contributed by atoms with Crippen molar-refractivity contribution in [2.75, 3.05) is 19.7 Å². The van der Waals surface area contributed by atoms with Crippen LogP contribution in [0.3, 0.4) is 0 Å². The third-order valence-corrected chi connectivity index (χ3v) is 4.87. The van der Waals surface area contributed by atoms with E-state index in [1.165, 1.54) is 0 Å². The summed E-state index contributed by atoms with van der Waals surface area (Å²) in [5, 5.41) is 6.52. The van der Waals surface area contributed by atoms with E-state index in [4.69, 9.17) is 16.3 Å². The van der Waals surface area contributed by atoms with Gasteiger partial charge in [0.25, 0.3) is 0 Å². The molecule has 2 aliphatic rings. The molecule has 2 N–H and O–H groups in total. The van der Waals surface area contributed by atoms with Crippen LogP contribution < -0.4 is 10.6 Å². The van der Waals surface area contributed by atoms with E-state index in [1.807, 2.05) is 24.3 Å². The lowest BCUT2D eigenvalue weighted by molar-refractivity contribution is -0.127. The van der Waals surface area contributed by atoms with Crippen molar-refractivity contribution in [3.8, 4) is 0 Å². The van der Waals surface area contributed by atoms with Crippen molar-refractivity contribution in [2.45, 2.75) is 31.8 Å². The van der Waals surface area contributed by atoms with Gasteiger partial charge in [-0.25, -0.2) is 0 Å². The molecule has 5 nitrogen and oxygen atoms in total. The number of rotatable bonds is 7. The second kappa shape index (κ2) is 7.99. The van der Waals surface area contributed by atoms with Crippen LogP contribution in [0.1, 0.15) is 24.8 Å². The molecule has 1 aromatic carbocycles. The minimum atomic E-state index is -0.181. The van der Waals surface area contributed by atoms with Gasteiger partial charge in [0.1, 0.15) is 0 Å². The number of carbonyl (C=O) groups is 2. The fourth-order valence-electron chi connectivity index (χ4n) is 3.04. The molecule has 2 amide bonds. The molecule has 2 fully saturated rings. The normalized spacial score (nSPS) is 25.3. The Morgan fingerprint density at radius 3 is 2.50 bits per heavy atom. The van der Waals surface area contributed by atoms with Crippen molar-refractivity contribution < 1.29 is 14.3 Å². The van der Waals surface area contributed by atoms with Crippen molar-refractivity contribution in [3.63, 3.8) is 0 Å². The van der Waals surface area contributed by atoms with E-state index >= 15 is 0 Å². The number of hydrogen-bond donors (Lipinski definition) is 2. The molecule has 1 aliphatic heterocycles. The molecule has 0 bridgehead atoms. The summed E-state index contributed by atoms with van der Waals surface area (Å²) in [4.78, 5) is 24.1. The number of hydrogen-bond acceptors (Lipinski definition) is 3. The van der Waals surface area contributed by atoms with Crippen LogP contribution in [0.2, 0.25) is 5.02 Å². The fourth-order valence-corrected chi connectivity index (χ4v) is 3.16. The van der Waals surface area contributed by atoms with E-state index in [0.717, 1.165) is 31.4 Å². The number of halogens is 1. The van der Waals surface area contributed by atoms with Crippen molar-refractivity contribution in [3.05, 3.63) is 34.9 Å². The molecule has 130 valence electrons. The van der Waals surface area contributed by atoms with Gasteiger partial charge in [0.15, 0.2) is 0 Å². The van der Waals surface area contributed by atoms with Crippen LogP contribution in [0.25, 0.3) is 0 Å². The molecular formula is C18H23ClN2O3. The van der Waals surface area contributed by atoms with E-state index in [0.29, 0.717) is 24.5 Å². The van der Waals surface area contributed by atoms with Gasteiger partial charge in [0.05, 0.1) is 17.9 Å². The molecule has 1 saturated heterocycles. The number of ether oxygens (including phenoxy) is 1. The molecule has 24 heavy (non-hydrogen) atoms. The van der Waals surface area contributed by atoms with Crippen molar-refractivity contribution in [1.82, 2.24) is 10.6 Å². The third-order valence-electron chi connectivity index (χ3n) is 4.62. The molecule has 1 aromatic rings. The maximum absolute atomic E-state index is 12.1. The van der Waals surface area contributed by atoms with Gasteiger partial charge in [0.2, 0.25) is 11.8 Å². The first-order chi connectivity index (χ1) is 11.6. The highest BCUT2D eigenvalue weighted by molar-refractivity contribution is 6.30. The van der Waals surface area contributed by atoms with Crippen LogP contribution in [0, 0.1) is 11.8 Å². The van der Waals surface area contributed by atoms with Gasteiger partial charge in [0, 0.05) is 24.7 Å². The Morgan fingerprint density at radius 2 is 1.83 bits per heavy atom. The zero-order chi connectivity index (χ0) is 16.9. The molecule has 3 atom stereocenters. The standard InChI is InChI=1S/C18H23ClN2O3/c19-13-5-3-12(4-6-13)7-8-20-17(22)15-10-16(15)18(23)21-11-14-2-1-9-24-14/h3-6,14-16H,1-2,7-11H2,(H,20,22)(H,21,23). The monoisotopic (exact) mass is 350 g/mol. The van der Waals surface area contributed by atoms with Crippen molar-refractivity contribution in [1.29, 1.82) is 0 Å². The Hall–Kier alpha value is -1.59. The Bertz CT molecular complexity index is 584. The maximum atomic E-state index is 12.1. The first kappa shape index (κ1) is 17.2. The summed E-state index contributed by atoms with van der Waals surface area (Å²) < 4.78 is 5.48. The van der Waals surface area contributed by atoms with E-state index in [1.54, 1.807) is 0 Å². The number of nitrogens with one attached hydrogen (secondary N) is 2. The summed E-state index contributed by atoms with van der Waals surface area (Å²) >= 11 is 5.84. The van der Waals surface area contributed by atoms with Gasteiger partial charge in [-0.3, -0.25) is 9.59 Å². The van der Waals surface area contributed by atoms with Gasteiger partial charge in [-0.2, -0.15) is 0 Å². The lowest BCUT2D eigenvalue weighted by Crippen LogP contribution is -2.35. The predicted octanol–water partition coefficient (Wildman–Crippen LogP) is 1.93. The smallest absolute Gasteiger partial charge is 0.224 e. The summed E-state index contributed by atoms with van der Waals surface area (Å²) in [6.45, 7) is 1.91. The van der Waals surface area contributed by atoms with E-state index in [-0.39, 0.29) is 29.8 Å². The van der Waals surface area contributed by atoms with E-state index in [9.17, 15) is 9.59 Å². The van der Waals surface area contributed by atoms with Crippen LogP contribution in [-0.2, 0) is 20.7 Å². The van der Waals surface area contributed by atoms with Gasteiger partial charge >= 0.3 is 0 Å². The molecule has 1 heterocycles. The van der Waals surface area contributed by atoms with Gasteiger partial charge < -0.3 is 15.4 Å². The minimum absolute atomic E-state index is 0.0247. The largest absolute Gasteiger partial charge is 0.376 e. The van der Waals surface area contributed by atoms with E-state index in [2.05, 4.69) is 10.6 Å². The van der Waals surface area contributed by atoms with Crippen LogP contribution in [0.15, 0.2) is 24.3 Å². The van der Waals surface area contributed by atoms with Gasteiger partial charge in [-0.15, -0.1) is 0 Å². The highest BCUT2D eigenvalue weighted by Crippen LogP contribution is 2.38. The first-order valence-electron chi connectivity index (χ1n) is 8.55. The maximum Gasteiger partial charge on any atom is 0.224 e. The number of amides is 2. The van der Waals surface area contributed by atoms with Crippen LogP contribution in [0.4, 0.5) is 0 Å². The first-order valence-corrected chi connectivity index (χ1v) is 8.93. The Morgan fingerprint density at radius 1 is 1.12 bits per heavy atom. The zero-order valence-electron chi connectivity index (χ0n) is 13.6. The van der Waals surface area contributed by atoms with Crippen molar-refractivity contribution >= 4 is 23.4 Å². The van der Waals surface area contributed by atoms with Crippen LogP contribution >= 0.6 is 11.6 Å². The summed E-state index contributed by atoms with van der Waals surface area (Å²) in [7, 11) is 0. The molecule has 1 saturated carbocycles. The van der Waals surface area contributed by atoms with Crippen molar-refractivity contribution in [2.24, 2.45) is 11.8 Å². The fraction of sp³-hybridized carbons (Fsp3) is 0.556. The highest BCUT2D eigenvalue weighted by Gasteiger charge is 2.47. The Kier molecular flexibility index (Phi) is 5.74. The number of benzene rings is 1. The third kappa shape index (κ3) is 4.71. The quantitative estimate of drug-likeness (QED) is 0.789. The summed E-state index contributed by atoms with van der Waals surface area (Å²) in [5.41, 5.74) is 1.13. The summed E-state index contributed by atoms with van der Waals surface area (Å²) in [6, 6.07) is 7.59. The SMILES string of the molecule is O=C(NCCc1ccc(Cl)cc1)C1CC1C(=O)NCC1CCCO1. The molecule has 3 rings (SSSR count). The Balaban J connectivity index is 1.33. The average molecular weight is 351 g/mol. The molecule has 0 radical (unpaired) electrons. The second-order valence-electron chi connectivity index (χ2n) is 6.50. The number of carbonyl (C=O) groups excluding carboxylic acids is 2. The molecule has 6 heteroatoms. The molecule has 3 unspecified atom stereocenters. The second-order valence-corrected chi connectivity index (χ2v) is 6.93. The zero-order valence-corrected chi connectivity index (χ0v) is 14.3. The highest BCUT2D eigenvalue weighted by atomic mass is 35.5. The Labute approximate surface area is 147 Å². The lowest BCUT2D eigenvalue weighted by atomic mass is 10.1. The van der Waals surface area contributed by atoms with Gasteiger partial charge in [-0.1, -0.05) is 23.7 Å². The lowest BCUT2D eigenvalue weighted by Gasteiger charge is -2.10. The van der Waals surface area contributed by atoms with Gasteiger partial charge in [-0.05, 0) is 43.4 Å². The minimum Gasteiger partial charge on any atom is -0.376 e. The average Bonchev–Trinajstić information content (AvgIpc) is 3.22. The summed E-state index contributed by atoms with van der Waals surface area (Å²) in [6.07, 6.45) is 3.59. The molecule has 1 aliphatic carbocycles. The van der Waals surface area contributed by atoms with Crippen LogP contribution in [0.5, 0.6) is 0 Å².